The fourth-order valence-corrected chi connectivity index (χ4v) is 1.53. The smallest absolute Gasteiger partial charge is 0.223 e. The number of nitrogens with two attached hydrogens (primary N) is 1. The third kappa shape index (κ3) is 3.20. The van der Waals surface area contributed by atoms with Gasteiger partial charge in [0.1, 0.15) is 17.2 Å². The summed E-state index contributed by atoms with van der Waals surface area (Å²) in [7, 11) is 0. The maximum atomic E-state index is 11.3. The van der Waals surface area contributed by atoms with Gasteiger partial charge in [0.25, 0.3) is 0 Å². The number of halogens is 1. The molecule has 6 nitrogen and oxygen atoms in total. The van der Waals surface area contributed by atoms with Gasteiger partial charge in [0.15, 0.2) is 5.82 Å². The van der Waals surface area contributed by atoms with Gasteiger partial charge in [-0.25, -0.2) is 9.97 Å². The summed E-state index contributed by atoms with van der Waals surface area (Å²) < 4.78 is 0. The maximum absolute atomic E-state index is 11.3. The predicted molar refractivity (Wildman–Crippen MR) is 65.7 cm³/mol. The van der Waals surface area contributed by atoms with Crippen LogP contribution in [0.4, 0.5) is 11.6 Å². The second-order valence-electron chi connectivity index (χ2n) is 3.91. The molecule has 0 saturated heterocycles. The van der Waals surface area contributed by atoms with Crippen molar-refractivity contribution in [2.45, 2.75) is 12.8 Å². The summed E-state index contributed by atoms with van der Waals surface area (Å²) in [6.45, 7) is 1.09. The number of nitrogen functional groups attached to an aromatic ring is 1. The highest BCUT2D eigenvalue weighted by Gasteiger charge is 2.28. The summed E-state index contributed by atoms with van der Waals surface area (Å²) in [5.74, 6) is 1.08. The number of nitrogens with one attached hydrogen (secondary N) is 2. The fraction of sp³-hybridized carbons (Fsp3) is 0.500. The SMILES string of the molecule is Nc1ncnc(NCCNC(=O)C2CC2)c1Cl. The summed E-state index contributed by atoms with van der Waals surface area (Å²) in [5, 5.41) is 6.13. The number of hydrogen-bond donors (Lipinski definition) is 3. The van der Waals surface area contributed by atoms with Crippen LogP contribution in [0.25, 0.3) is 0 Å². The molecule has 0 bridgehead atoms. The minimum Gasteiger partial charge on any atom is -0.382 e. The zero-order valence-electron chi connectivity index (χ0n) is 9.24. The van der Waals surface area contributed by atoms with Crippen LogP contribution in [-0.4, -0.2) is 29.0 Å². The van der Waals surface area contributed by atoms with E-state index in [9.17, 15) is 4.79 Å². The van der Waals surface area contributed by atoms with Crippen LogP contribution in [-0.2, 0) is 4.79 Å². The van der Waals surface area contributed by atoms with Crippen molar-refractivity contribution < 1.29 is 4.79 Å². The molecule has 1 aliphatic carbocycles. The summed E-state index contributed by atoms with van der Waals surface area (Å²) >= 11 is 5.90. The van der Waals surface area contributed by atoms with Gasteiger partial charge >= 0.3 is 0 Å². The molecule has 1 saturated carbocycles. The number of aromatic nitrogens is 2. The Balaban J connectivity index is 1.74. The first-order valence-corrected chi connectivity index (χ1v) is 5.84. The van der Waals surface area contributed by atoms with Gasteiger partial charge in [-0.2, -0.15) is 0 Å². The van der Waals surface area contributed by atoms with Crippen molar-refractivity contribution in [1.29, 1.82) is 0 Å². The van der Waals surface area contributed by atoms with Crippen molar-refractivity contribution in [3.05, 3.63) is 11.3 Å². The molecule has 4 N–H and O–H groups in total. The molecule has 92 valence electrons. The Bertz CT molecular complexity index is 421. The predicted octanol–water partition coefficient (Wildman–Crippen LogP) is 0.650. The molecule has 0 unspecified atom stereocenters. The van der Waals surface area contributed by atoms with Gasteiger partial charge in [-0.1, -0.05) is 11.6 Å². The lowest BCUT2D eigenvalue weighted by Gasteiger charge is -2.08. The fourth-order valence-electron chi connectivity index (χ4n) is 1.36. The van der Waals surface area contributed by atoms with E-state index < -0.39 is 0 Å². The third-order valence-electron chi connectivity index (χ3n) is 2.48. The van der Waals surface area contributed by atoms with E-state index in [1.54, 1.807) is 0 Å². The average Bonchev–Trinajstić information content (AvgIpc) is 3.13. The molecule has 0 atom stereocenters. The Morgan fingerprint density at radius 2 is 2.24 bits per heavy atom. The van der Waals surface area contributed by atoms with Crippen LogP contribution >= 0.6 is 11.6 Å². The quantitative estimate of drug-likeness (QED) is 0.672. The summed E-state index contributed by atoms with van der Waals surface area (Å²) in [6.07, 6.45) is 3.35. The summed E-state index contributed by atoms with van der Waals surface area (Å²) in [5.41, 5.74) is 5.53. The molecule has 1 heterocycles. The molecule has 17 heavy (non-hydrogen) atoms. The van der Waals surface area contributed by atoms with E-state index in [4.69, 9.17) is 17.3 Å². The summed E-state index contributed by atoms with van der Waals surface area (Å²) in [6, 6.07) is 0. The Kier molecular flexibility index (Phi) is 3.63. The molecule has 0 radical (unpaired) electrons. The number of amides is 1. The van der Waals surface area contributed by atoms with E-state index in [1.807, 2.05) is 0 Å². The highest BCUT2D eigenvalue weighted by atomic mass is 35.5. The normalized spacial score (nSPS) is 14.4. The number of carbonyl (C=O) groups excluding carboxylic acids is 1. The van der Waals surface area contributed by atoms with Gasteiger partial charge in [0, 0.05) is 19.0 Å². The first-order chi connectivity index (χ1) is 8.18. The molecule has 1 aromatic heterocycles. The molecular formula is C10H14ClN5O. The van der Waals surface area contributed by atoms with E-state index in [0.29, 0.717) is 23.9 Å². The number of anilines is 2. The molecule has 7 heteroatoms. The number of hydrogen-bond acceptors (Lipinski definition) is 5. The van der Waals surface area contributed by atoms with Crippen LogP contribution in [0.1, 0.15) is 12.8 Å². The van der Waals surface area contributed by atoms with Gasteiger partial charge in [0.2, 0.25) is 5.91 Å². The Hall–Kier alpha value is -1.56. The van der Waals surface area contributed by atoms with Crippen LogP contribution in [0, 0.1) is 5.92 Å². The largest absolute Gasteiger partial charge is 0.382 e. The van der Waals surface area contributed by atoms with E-state index >= 15 is 0 Å². The van der Waals surface area contributed by atoms with E-state index in [1.165, 1.54) is 6.33 Å². The molecule has 1 aliphatic rings. The van der Waals surface area contributed by atoms with Crippen LogP contribution in [0.3, 0.4) is 0 Å². The minimum absolute atomic E-state index is 0.125. The zero-order valence-corrected chi connectivity index (χ0v) is 10.00. The van der Waals surface area contributed by atoms with E-state index in [2.05, 4.69) is 20.6 Å². The van der Waals surface area contributed by atoms with E-state index in [-0.39, 0.29) is 17.6 Å². The molecule has 1 fully saturated rings. The lowest BCUT2D eigenvalue weighted by Crippen LogP contribution is -2.30. The molecular weight excluding hydrogens is 242 g/mol. The van der Waals surface area contributed by atoms with Gasteiger partial charge in [-0.3, -0.25) is 4.79 Å². The van der Waals surface area contributed by atoms with Crippen molar-refractivity contribution >= 4 is 29.1 Å². The first kappa shape index (κ1) is 11.9. The molecule has 0 aliphatic heterocycles. The molecule has 2 rings (SSSR count). The Labute approximate surface area is 104 Å². The first-order valence-electron chi connectivity index (χ1n) is 5.46. The average molecular weight is 256 g/mol. The van der Waals surface area contributed by atoms with Crippen LogP contribution in [0.2, 0.25) is 5.02 Å². The molecule has 1 aromatic rings. The highest BCUT2D eigenvalue weighted by molar-refractivity contribution is 6.35. The molecule has 1 amide bonds. The van der Waals surface area contributed by atoms with Crippen molar-refractivity contribution in [2.75, 3.05) is 24.1 Å². The number of nitrogens with zero attached hydrogens (tertiary/aromatic N) is 2. The van der Waals surface area contributed by atoms with Gasteiger partial charge < -0.3 is 16.4 Å². The second kappa shape index (κ2) is 5.18. The van der Waals surface area contributed by atoms with Crippen LogP contribution in [0.5, 0.6) is 0 Å². The second-order valence-corrected chi connectivity index (χ2v) is 4.29. The van der Waals surface area contributed by atoms with Crippen LogP contribution < -0.4 is 16.4 Å². The van der Waals surface area contributed by atoms with Gasteiger partial charge in [-0.05, 0) is 12.8 Å². The third-order valence-corrected chi connectivity index (χ3v) is 2.85. The van der Waals surface area contributed by atoms with Crippen molar-refractivity contribution in [3.63, 3.8) is 0 Å². The summed E-state index contributed by atoms with van der Waals surface area (Å²) in [4.78, 5) is 19.0. The lowest BCUT2D eigenvalue weighted by atomic mass is 10.4. The van der Waals surface area contributed by atoms with Gasteiger partial charge in [0.05, 0.1) is 0 Å². The highest BCUT2D eigenvalue weighted by Crippen LogP contribution is 2.28. The molecule has 0 spiro atoms. The minimum atomic E-state index is 0.125. The van der Waals surface area contributed by atoms with Crippen molar-refractivity contribution in [3.8, 4) is 0 Å². The standard InChI is InChI=1S/C10H14ClN5O/c11-7-8(12)15-5-16-9(7)13-3-4-14-10(17)6-1-2-6/h5-6H,1-4H2,(H,14,17)(H3,12,13,15,16). The van der Waals surface area contributed by atoms with Crippen molar-refractivity contribution in [1.82, 2.24) is 15.3 Å². The van der Waals surface area contributed by atoms with E-state index in [0.717, 1.165) is 12.8 Å². The topological polar surface area (TPSA) is 92.9 Å². The Morgan fingerprint density at radius 1 is 1.47 bits per heavy atom. The molecule has 0 aromatic carbocycles. The zero-order chi connectivity index (χ0) is 12.3. The maximum Gasteiger partial charge on any atom is 0.223 e. The number of rotatable bonds is 5. The van der Waals surface area contributed by atoms with Crippen LogP contribution in [0.15, 0.2) is 6.33 Å². The lowest BCUT2D eigenvalue weighted by molar-refractivity contribution is -0.122. The monoisotopic (exact) mass is 255 g/mol. The Morgan fingerprint density at radius 3 is 2.94 bits per heavy atom. The van der Waals surface area contributed by atoms with Crippen molar-refractivity contribution in [2.24, 2.45) is 5.92 Å². The number of carbonyl (C=O) groups is 1. The van der Waals surface area contributed by atoms with Gasteiger partial charge in [-0.15, -0.1) is 0 Å².